The molecule has 132 valence electrons. The topological polar surface area (TPSA) is 68.3 Å². The molecule has 0 spiro atoms. The number of rotatable bonds is 6. The first-order valence-corrected chi connectivity index (χ1v) is 8.80. The van der Waals surface area contributed by atoms with Gasteiger partial charge in [0.25, 0.3) is 0 Å². The molecule has 2 aromatic rings. The van der Waals surface area contributed by atoms with Crippen LogP contribution in [0.25, 0.3) is 12.2 Å². The number of benzene rings is 1. The van der Waals surface area contributed by atoms with Crippen molar-refractivity contribution in [1.29, 1.82) is 0 Å². The molecule has 0 aliphatic carbocycles. The van der Waals surface area contributed by atoms with Crippen molar-refractivity contribution in [1.82, 2.24) is 10.3 Å². The summed E-state index contributed by atoms with van der Waals surface area (Å²) in [6.07, 6.45) is 5.85. The van der Waals surface area contributed by atoms with Gasteiger partial charge in [-0.1, -0.05) is 36.4 Å². The molecule has 5 nitrogen and oxygen atoms in total. The van der Waals surface area contributed by atoms with E-state index in [4.69, 9.17) is 4.74 Å². The number of amides is 1. The lowest BCUT2D eigenvalue weighted by atomic mass is 10.2. The monoisotopic (exact) mass is 358 g/mol. The van der Waals surface area contributed by atoms with Gasteiger partial charge in [0, 0.05) is 11.1 Å². The molecule has 1 aromatic carbocycles. The average Bonchev–Trinajstić information content (AvgIpc) is 2.98. The van der Waals surface area contributed by atoms with E-state index in [2.05, 4.69) is 10.3 Å². The Morgan fingerprint density at radius 2 is 1.92 bits per heavy atom. The fraction of sp³-hybridized carbons (Fsp3) is 0.316. The Kier molecular flexibility index (Phi) is 6.47. The highest BCUT2D eigenvalue weighted by atomic mass is 32.1. The van der Waals surface area contributed by atoms with E-state index in [9.17, 15) is 9.59 Å². The summed E-state index contributed by atoms with van der Waals surface area (Å²) in [5, 5.41) is 3.26. The van der Waals surface area contributed by atoms with Crippen molar-refractivity contribution in [2.24, 2.45) is 0 Å². The minimum atomic E-state index is -0.558. The molecule has 25 heavy (non-hydrogen) atoms. The summed E-state index contributed by atoms with van der Waals surface area (Å²) < 4.78 is 5.14. The van der Waals surface area contributed by atoms with Crippen LogP contribution >= 0.6 is 11.3 Å². The summed E-state index contributed by atoms with van der Waals surface area (Å²) in [6, 6.07) is 9.96. The van der Waals surface area contributed by atoms with E-state index in [1.54, 1.807) is 27.0 Å². The van der Waals surface area contributed by atoms with Crippen molar-refractivity contribution in [3.8, 4) is 0 Å². The summed E-state index contributed by atoms with van der Waals surface area (Å²) in [6.45, 7) is 5.22. The zero-order chi connectivity index (χ0) is 18.3. The Labute approximate surface area is 151 Å². The van der Waals surface area contributed by atoms with Gasteiger partial charge in [0.2, 0.25) is 5.91 Å². The number of carbonyl (C=O) groups is 2. The van der Waals surface area contributed by atoms with Crippen LogP contribution in [0, 0.1) is 0 Å². The molecule has 1 heterocycles. The van der Waals surface area contributed by atoms with Crippen LogP contribution in [0.4, 0.5) is 0 Å². The first kappa shape index (κ1) is 18.9. The van der Waals surface area contributed by atoms with Crippen LogP contribution in [0.2, 0.25) is 0 Å². The molecule has 1 aromatic heterocycles. The number of thiazole rings is 1. The lowest BCUT2D eigenvalue weighted by Gasteiger charge is -2.19. The maximum atomic E-state index is 11.9. The van der Waals surface area contributed by atoms with E-state index in [1.165, 1.54) is 11.3 Å². The number of aromatic nitrogens is 1. The van der Waals surface area contributed by atoms with Crippen LogP contribution in [0.5, 0.6) is 0 Å². The lowest BCUT2D eigenvalue weighted by molar-refractivity contribution is -0.154. The molecule has 0 atom stereocenters. The highest BCUT2D eigenvalue weighted by Gasteiger charge is 2.17. The molecule has 6 heteroatoms. The molecule has 1 amide bonds. The molecular formula is C19H22N2O3S. The first-order valence-electron chi connectivity index (χ1n) is 7.98. The second-order valence-corrected chi connectivity index (χ2v) is 7.59. The van der Waals surface area contributed by atoms with E-state index in [-0.39, 0.29) is 18.9 Å². The molecular weight excluding hydrogens is 336 g/mol. The fourth-order valence-corrected chi connectivity index (χ4v) is 2.80. The quantitative estimate of drug-likeness (QED) is 0.805. The Morgan fingerprint density at radius 3 is 2.60 bits per heavy atom. The summed E-state index contributed by atoms with van der Waals surface area (Å²) in [5.41, 5.74) is 0.546. The van der Waals surface area contributed by atoms with E-state index >= 15 is 0 Å². The SMILES string of the molecule is CC(C)(C)OC(=O)CNC(=O)Cc1ncc(/C=C/c2ccccc2)s1. The zero-order valence-corrected chi connectivity index (χ0v) is 15.4. The molecule has 0 saturated heterocycles. The van der Waals surface area contributed by atoms with Gasteiger partial charge in [-0.2, -0.15) is 0 Å². The number of carbonyl (C=O) groups excluding carboxylic acids is 2. The molecule has 0 fully saturated rings. The van der Waals surface area contributed by atoms with Gasteiger partial charge in [-0.3, -0.25) is 9.59 Å². The average molecular weight is 358 g/mol. The van der Waals surface area contributed by atoms with Crippen molar-refractivity contribution in [2.75, 3.05) is 6.54 Å². The van der Waals surface area contributed by atoms with Crippen LogP contribution in [-0.2, 0) is 20.7 Å². The van der Waals surface area contributed by atoms with Crippen LogP contribution < -0.4 is 5.32 Å². The maximum absolute atomic E-state index is 11.9. The maximum Gasteiger partial charge on any atom is 0.325 e. The molecule has 0 bridgehead atoms. The molecule has 1 N–H and O–H groups in total. The van der Waals surface area contributed by atoms with Crippen molar-refractivity contribution >= 4 is 35.4 Å². The number of nitrogens with zero attached hydrogens (tertiary/aromatic N) is 1. The van der Waals surface area contributed by atoms with Gasteiger partial charge in [-0.15, -0.1) is 11.3 Å². The lowest BCUT2D eigenvalue weighted by Crippen LogP contribution is -2.35. The van der Waals surface area contributed by atoms with Gasteiger partial charge in [0.05, 0.1) is 6.42 Å². The van der Waals surface area contributed by atoms with Gasteiger partial charge in [0.1, 0.15) is 17.2 Å². The van der Waals surface area contributed by atoms with Crippen molar-refractivity contribution in [3.05, 3.63) is 52.0 Å². The van der Waals surface area contributed by atoms with Gasteiger partial charge < -0.3 is 10.1 Å². The number of hydrogen-bond donors (Lipinski definition) is 1. The van der Waals surface area contributed by atoms with Crippen LogP contribution in [0.1, 0.15) is 36.2 Å². The standard InChI is InChI=1S/C19H22N2O3S/c1-19(2,3)24-18(23)13-20-16(22)11-17-21-12-15(25-17)10-9-14-7-5-4-6-8-14/h4-10,12H,11,13H2,1-3H3,(H,20,22)/b10-9+. The number of nitrogens with one attached hydrogen (secondary N) is 1. The van der Waals surface area contributed by atoms with Gasteiger partial charge >= 0.3 is 5.97 Å². The van der Waals surface area contributed by atoms with E-state index in [0.717, 1.165) is 10.4 Å². The van der Waals surface area contributed by atoms with Crippen LogP contribution in [0.3, 0.4) is 0 Å². The van der Waals surface area contributed by atoms with E-state index in [0.29, 0.717) is 5.01 Å². The Balaban J connectivity index is 1.81. The Hall–Kier alpha value is -2.47. The van der Waals surface area contributed by atoms with E-state index < -0.39 is 11.6 Å². The predicted molar refractivity (Wildman–Crippen MR) is 100 cm³/mol. The number of esters is 1. The van der Waals surface area contributed by atoms with Crippen LogP contribution in [0.15, 0.2) is 36.5 Å². The minimum Gasteiger partial charge on any atom is -0.459 e. The molecule has 0 aliphatic rings. The highest BCUT2D eigenvalue weighted by Crippen LogP contribution is 2.16. The third-order valence-electron chi connectivity index (χ3n) is 2.97. The van der Waals surface area contributed by atoms with Gasteiger partial charge in [-0.25, -0.2) is 4.98 Å². The van der Waals surface area contributed by atoms with E-state index in [1.807, 2.05) is 42.5 Å². The van der Waals surface area contributed by atoms with Crippen molar-refractivity contribution < 1.29 is 14.3 Å². The normalized spacial score (nSPS) is 11.5. The molecule has 0 saturated carbocycles. The summed E-state index contributed by atoms with van der Waals surface area (Å²) in [4.78, 5) is 28.7. The second-order valence-electron chi connectivity index (χ2n) is 6.44. The zero-order valence-electron chi connectivity index (χ0n) is 14.6. The summed E-state index contributed by atoms with van der Waals surface area (Å²) in [7, 11) is 0. The largest absolute Gasteiger partial charge is 0.459 e. The van der Waals surface area contributed by atoms with Crippen LogP contribution in [-0.4, -0.2) is 29.0 Å². The smallest absolute Gasteiger partial charge is 0.325 e. The Morgan fingerprint density at radius 1 is 1.20 bits per heavy atom. The first-order chi connectivity index (χ1) is 11.8. The molecule has 0 aliphatic heterocycles. The van der Waals surface area contributed by atoms with Crippen molar-refractivity contribution in [3.63, 3.8) is 0 Å². The fourth-order valence-electron chi connectivity index (χ4n) is 1.97. The second kappa shape index (κ2) is 8.58. The number of ether oxygens (including phenoxy) is 1. The van der Waals surface area contributed by atoms with Crippen molar-refractivity contribution in [2.45, 2.75) is 32.8 Å². The molecule has 0 radical (unpaired) electrons. The highest BCUT2D eigenvalue weighted by molar-refractivity contribution is 7.12. The molecule has 0 unspecified atom stereocenters. The predicted octanol–water partition coefficient (Wildman–Crippen LogP) is 3.31. The van der Waals surface area contributed by atoms with Gasteiger partial charge in [0.15, 0.2) is 0 Å². The van der Waals surface area contributed by atoms with Gasteiger partial charge in [-0.05, 0) is 32.4 Å². The molecule has 2 rings (SSSR count). The minimum absolute atomic E-state index is 0.137. The third kappa shape index (κ3) is 7.30. The number of hydrogen-bond acceptors (Lipinski definition) is 5. The Bertz CT molecular complexity index is 746. The third-order valence-corrected chi connectivity index (χ3v) is 3.94. The summed E-state index contributed by atoms with van der Waals surface area (Å²) in [5.74, 6) is -0.703. The summed E-state index contributed by atoms with van der Waals surface area (Å²) >= 11 is 1.45.